The Kier molecular flexibility index (Phi) is 4.79. The van der Waals surface area contributed by atoms with Gasteiger partial charge in [0.1, 0.15) is 5.54 Å². The first-order chi connectivity index (χ1) is 15.3. The Morgan fingerprint density at radius 1 is 1.06 bits per heavy atom. The number of rotatable bonds is 5. The summed E-state index contributed by atoms with van der Waals surface area (Å²) in [6, 6.07) is 13.4. The van der Waals surface area contributed by atoms with Gasteiger partial charge in [-0.3, -0.25) is 29.4 Å². The van der Waals surface area contributed by atoms with Crippen molar-refractivity contribution in [3.05, 3.63) is 64.7 Å². The second kappa shape index (κ2) is 7.43. The normalized spacial score (nSPS) is 28.2. The number of nitrogens with zero attached hydrogens (tertiary/aromatic N) is 1. The minimum atomic E-state index is -1.42. The maximum Gasteiger partial charge on any atom is 0.303 e. The van der Waals surface area contributed by atoms with Crippen molar-refractivity contribution in [1.82, 2.24) is 10.2 Å². The number of carboxylic acid groups (broad SMARTS) is 1. The molecule has 8 nitrogen and oxygen atoms in total. The van der Waals surface area contributed by atoms with Gasteiger partial charge in [-0.25, -0.2) is 0 Å². The molecule has 2 saturated heterocycles. The highest BCUT2D eigenvalue weighted by Crippen LogP contribution is 2.53. The molecule has 0 radical (unpaired) electrons. The van der Waals surface area contributed by atoms with Crippen LogP contribution in [0.2, 0.25) is 5.02 Å². The van der Waals surface area contributed by atoms with Crippen LogP contribution in [-0.2, 0) is 31.3 Å². The number of nitrogens with one attached hydrogen (secondary N) is 2. The van der Waals surface area contributed by atoms with E-state index in [2.05, 4.69) is 10.6 Å². The molecule has 3 heterocycles. The number of hydrogen-bond acceptors (Lipinski definition) is 5. The Hall–Kier alpha value is -3.23. The van der Waals surface area contributed by atoms with E-state index in [4.69, 9.17) is 11.6 Å². The molecule has 0 bridgehead atoms. The van der Waals surface area contributed by atoms with E-state index in [1.165, 1.54) is 0 Å². The van der Waals surface area contributed by atoms with Gasteiger partial charge in [0.2, 0.25) is 17.7 Å². The van der Waals surface area contributed by atoms with E-state index in [9.17, 15) is 24.3 Å². The van der Waals surface area contributed by atoms with Crippen molar-refractivity contribution < 1.29 is 24.3 Å². The molecule has 0 aliphatic carbocycles. The zero-order valence-electron chi connectivity index (χ0n) is 16.9. The number of carboxylic acids is 1. The average molecular weight is 454 g/mol. The van der Waals surface area contributed by atoms with E-state index >= 15 is 0 Å². The number of carbonyl (C=O) groups excluding carboxylic acids is 3. The van der Waals surface area contributed by atoms with Crippen LogP contribution in [-0.4, -0.2) is 39.7 Å². The first kappa shape index (κ1) is 20.7. The summed E-state index contributed by atoms with van der Waals surface area (Å²) in [6.07, 6.45) is -0.0706. The molecular weight excluding hydrogens is 434 g/mol. The maximum absolute atomic E-state index is 13.6. The van der Waals surface area contributed by atoms with Crippen LogP contribution in [0.1, 0.15) is 24.0 Å². The molecule has 4 atom stereocenters. The summed E-state index contributed by atoms with van der Waals surface area (Å²) in [6.45, 7) is -0.00463. The molecule has 3 amide bonds. The van der Waals surface area contributed by atoms with Crippen LogP contribution in [0.5, 0.6) is 0 Å². The zero-order chi connectivity index (χ0) is 22.6. The maximum atomic E-state index is 13.6. The molecule has 3 aliphatic rings. The zero-order valence-corrected chi connectivity index (χ0v) is 17.6. The lowest BCUT2D eigenvalue weighted by molar-refractivity contribution is -0.144. The van der Waals surface area contributed by atoms with Gasteiger partial charge in [-0.1, -0.05) is 48.0 Å². The van der Waals surface area contributed by atoms with Gasteiger partial charge in [0.05, 0.1) is 18.4 Å². The average Bonchev–Trinajstić information content (AvgIpc) is 3.34. The number of aliphatic carboxylic acids is 1. The van der Waals surface area contributed by atoms with Crippen molar-refractivity contribution in [2.24, 2.45) is 11.8 Å². The van der Waals surface area contributed by atoms with Crippen LogP contribution in [0.15, 0.2) is 48.5 Å². The number of benzene rings is 2. The number of para-hydroxylation sites is 1. The number of anilines is 1. The van der Waals surface area contributed by atoms with E-state index in [0.29, 0.717) is 21.8 Å². The fraction of sp³-hybridized carbons (Fsp3) is 0.304. The Morgan fingerprint density at radius 2 is 1.78 bits per heavy atom. The summed E-state index contributed by atoms with van der Waals surface area (Å²) in [5, 5.41) is 15.7. The third kappa shape index (κ3) is 2.87. The molecule has 164 valence electrons. The van der Waals surface area contributed by atoms with Gasteiger partial charge in [-0.15, -0.1) is 0 Å². The van der Waals surface area contributed by atoms with E-state index in [0.717, 1.165) is 4.90 Å². The molecule has 0 unspecified atom stereocenters. The molecule has 3 N–H and O–H groups in total. The van der Waals surface area contributed by atoms with Gasteiger partial charge in [0, 0.05) is 28.7 Å². The Balaban J connectivity index is 1.58. The second-order valence-corrected chi connectivity index (χ2v) is 8.76. The smallest absolute Gasteiger partial charge is 0.303 e. The molecule has 1 spiro atoms. The molecule has 9 heteroatoms. The van der Waals surface area contributed by atoms with Crippen LogP contribution < -0.4 is 10.6 Å². The van der Waals surface area contributed by atoms with Gasteiger partial charge in [0.15, 0.2) is 0 Å². The minimum Gasteiger partial charge on any atom is -0.481 e. The molecule has 2 aromatic carbocycles. The first-order valence-electron chi connectivity index (χ1n) is 10.3. The van der Waals surface area contributed by atoms with Crippen LogP contribution in [0, 0.1) is 11.8 Å². The first-order valence-corrected chi connectivity index (χ1v) is 10.7. The molecule has 3 aliphatic heterocycles. The van der Waals surface area contributed by atoms with E-state index in [-0.39, 0.29) is 19.4 Å². The van der Waals surface area contributed by atoms with Gasteiger partial charge in [0.25, 0.3) is 0 Å². The molecule has 2 aromatic rings. The summed E-state index contributed by atoms with van der Waals surface area (Å²) in [5.74, 6) is -4.12. The predicted molar refractivity (Wildman–Crippen MR) is 115 cm³/mol. The quantitative estimate of drug-likeness (QED) is 0.597. The third-order valence-corrected chi connectivity index (χ3v) is 7.04. The van der Waals surface area contributed by atoms with Gasteiger partial charge in [-0.05, 0) is 24.1 Å². The van der Waals surface area contributed by atoms with Gasteiger partial charge in [-0.2, -0.15) is 0 Å². The van der Waals surface area contributed by atoms with Crippen molar-refractivity contribution in [2.75, 3.05) is 5.32 Å². The lowest BCUT2D eigenvalue weighted by Crippen LogP contribution is -2.53. The number of likely N-dealkylation sites (tertiary alicyclic amines) is 1. The Labute approximate surface area is 188 Å². The number of halogens is 1. The van der Waals surface area contributed by atoms with Crippen LogP contribution in [0.3, 0.4) is 0 Å². The predicted octanol–water partition coefficient (Wildman–Crippen LogP) is 2.13. The molecular formula is C23H20ClN3O5. The van der Waals surface area contributed by atoms with E-state index in [1.54, 1.807) is 48.5 Å². The van der Waals surface area contributed by atoms with Gasteiger partial charge >= 0.3 is 5.97 Å². The Bertz CT molecular complexity index is 1170. The fourth-order valence-electron chi connectivity index (χ4n) is 5.30. The highest BCUT2D eigenvalue weighted by Gasteiger charge is 2.70. The standard InChI is InChI=1S/C23H20ClN3O5/c24-14-7-3-1-5-12(14)11-27-20(30)18-16(9-10-17(28)29)26-23(19(18)21(27)31)13-6-2-4-8-15(13)25-22(23)32/h1-8,16,18-19,26H,9-11H2,(H,25,32)(H,28,29)/t16-,18+,19-,23+/m0/s1. The molecule has 32 heavy (non-hydrogen) atoms. The van der Waals surface area contributed by atoms with Crippen molar-refractivity contribution in [2.45, 2.75) is 31.0 Å². The van der Waals surface area contributed by atoms with Gasteiger partial charge < -0.3 is 10.4 Å². The van der Waals surface area contributed by atoms with Crippen molar-refractivity contribution in [3.8, 4) is 0 Å². The lowest BCUT2D eigenvalue weighted by atomic mass is 9.76. The third-order valence-electron chi connectivity index (χ3n) is 6.67. The molecule has 0 aromatic heterocycles. The summed E-state index contributed by atoms with van der Waals surface area (Å²) < 4.78 is 0. The van der Waals surface area contributed by atoms with Crippen LogP contribution in [0.25, 0.3) is 0 Å². The van der Waals surface area contributed by atoms with Crippen molar-refractivity contribution in [3.63, 3.8) is 0 Å². The molecule has 0 saturated carbocycles. The molecule has 5 rings (SSSR count). The molecule has 2 fully saturated rings. The lowest BCUT2D eigenvalue weighted by Gasteiger charge is -2.29. The SMILES string of the molecule is O=C(O)CC[C@@H]1N[C@@]2(C(=O)Nc3ccccc32)[C@@H]2C(=O)N(Cc3ccccc3Cl)C(=O)[C@H]12. The monoisotopic (exact) mass is 453 g/mol. The number of hydrogen-bond donors (Lipinski definition) is 3. The fourth-order valence-corrected chi connectivity index (χ4v) is 5.49. The van der Waals surface area contributed by atoms with E-state index in [1.807, 2.05) is 0 Å². The number of carbonyl (C=O) groups is 4. The number of fused-ring (bicyclic) bond motifs is 4. The second-order valence-electron chi connectivity index (χ2n) is 8.35. The summed E-state index contributed by atoms with van der Waals surface area (Å²) >= 11 is 6.25. The minimum absolute atomic E-state index is 0.00463. The van der Waals surface area contributed by atoms with Crippen molar-refractivity contribution >= 4 is 41.0 Å². The Morgan fingerprint density at radius 3 is 2.53 bits per heavy atom. The number of imide groups is 1. The largest absolute Gasteiger partial charge is 0.481 e. The van der Waals surface area contributed by atoms with Crippen molar-refractivity contribution in [1.29, 1.82) is 0 Å². The van der Waals surface area contributed by atoms with E-state index < -0.39 is 47.1 Å². The highest BCUT2D eigenvalue weighted by molar-refractivity contribution is 6.31. The highest BCUT2D eigenvalue weighted by atomic mass is 35.5. The summed E-state index contributed by atoms with van der Waals surface area (Å²) in [5.41, 5.74) is 0.370. The summed E-state index contributed by atoms with van der Waals surface area (Å²) in [7, 11) is 0. The van der Waals surface area contributed by atoms with Crippen LogP contribution in [0.4, 0.5) is 5.69 Å². The van der Waals surface area contributed by atoms with Crippen LogP contribution >= 0.6 is 11.6 Å². The number of amides is 3. The topological polar surface area (TPSA) is 116 Å². The summed E-state index contributed by atoms with van der Waals surface area (Å²) in [4.78, 5) is 52.8.